The van der Waals surface area contributed by atoms with E-state index in [2.05, 4.69) is 0 Å². The maximum Gasteiger partial charge on any atom is 0.339 e. The summed E-state index contributed by atoms with van der Waals surface area (Å²) in [6.07, 6.45) is -0.738. The van der Waals surface area contributed by atoms with Crippen LogP contribution in [0.2, 0.25) is 0 Å². The molecule has 0 aromatic heterocycles. The van der Waals surface area contributed by atoms with Gasteiger partial charge in [0.25, 0.3) is 0 Å². The van der Waals surface area contributed by atoms with Crippen molar-refractivity contribution in [3.63, 3.8) is 0 Å². The van der Waals surface area contributed by atoms with Crippen molar-refractivity contribution in [2.75, 3.05) is 0 Å². The van der Waals surface area contributed by atoms with E-state index >= 15 is 0 Å². The van der Waals surface area contributed by atoms with Gasteiger partial charge in [0.15, 0.2) is 17.6 Å². The van der Waals surface area contributed by atoms with Gasteiger partial charge in [0.2, 0.25) is 5.60 Å². The summed E-state index contributed by atoms with van der Waals surface area (Å²) >= 11 is 0. The van der Waals surface area contributed by atoms with Crippen LogP contribution in [0.15, 0.2) is 24.3 Å². The molecule has 21 heavy (non-hydrogen) atoms. The molecule has 0 heterocycles. The zero-order valence-electron chi connectivity index (χ0n) is 10.7. The van der Waals surface area contributed by atoms with Crippen molar-refractivity contribution in [2.24, 2.45) is 0 Å². The van der Waals surface area contributed by atoms with Crippen molar-refractivity contribution in [2.45, 2.75) is 18.1 Å². The van der Waals surface area contributed by atoms with E-state index in [1.807, 2.05) is 0 Å². The molecule has 0 aliphatic heterocycles. The topological polar surface area (TPSA) is 156 Å². The normalized spacial score (nSPS) is 15.5. The number of carboxylic acid groups (broad SMARTS) is 2. The summed E-state index contributed by atoms with van der Waals surface area (Å²) in [6, 6.07) is 3.78. The smallest absolute Gasteiger partial charge is 0.339 e. The number of carboxylic acids is 2. The predicted octanol–water partition coefficient (Wildman–Crippen LogP) is -0.238. The van der Waals surface area contributed by atoms with E-state index < -0.39 is 35.8 Å². The van der Waals surface area contributed by atoms with Crippen LogP contribution in [0, 0.1) is 0 Å². The maximum atomic E-state index is 10.9. The fourth-order valence-electron chi connectivity index (χ4n) is 1.54. The third-order valence-corrected chi connectivity index (χ3v) is 2.80. The lowest BCUT2D eigenvalue weighted by molar-refractivity contribution is -0.182. The molecular formula is C13H14O8. The number of phenolic OH excluding ortho intramolecular Hbond substituents is 2. The number of rotatable bonds is 6. The number of aromatic hydroxyl groups is 2. The summed E-state index contributed by atoms with van der Waals surface area (Å²) < 4.78 is 0. The molecule has 0 fully saturated rings. The molecule has 114 valence electrons. The number of aliphatic carboxylic acids is 2. The van der Waals surface area contributed by atoms with Crippen LogP contribution >= 0.6 is 0 Å². The third kappa shape index (κ3) is 3.71. The van der Waals surface area contributed by atoms with Gasteiger partial charge >= 0.3 is 11.9 Å². The molecular weight excluding hydrogens is 284 g/mol. The predicted molar refractivity (Wildman–Crippen MR) is 69.7 cm³/mol. The van der Waals surface area contributed by atoms with E-state index in [1.165, 1.54) is 24.3 Å². The maximum absolute atomic E-state index is 10.9. The number of aliphatic hydroxyl groups is 2. The summed E-state index contributed by atoms with van der Waals surface area (Å²) in [6.45, 7) is 0. The van der Waals surface area contributed by atoms with Crippen LogP contribution in [0.1, 0.15) is 12.0 Å². The number of benzene rings is 1. The standard InChI is InChI=1S/C13H14O8/c14-8-4-3-7(6-9(8)15)2-1-5-13(21,12(19)20)10(16)11(17)18/h1-4,6,10,14-16,21H,5H2,(H,17,18)(H,19,20)/b2-1+. The number of hydrogen-bond donors (Lipinski definition) is 6. The molecule has 2 atom stereocenters. The largest absolute Gasteiger partial charge is 0.504 e. The lowest BCUT2D eigenvalue weighted by atomic mass is 9.92. The van der Waals surface area contributed by atoms with E-state index in [0.717, 1.165) is 6.08 Å². The number of hydrogen-bond acceptors (Lipinski definition) is 6. The Morgan fingerprint density at radius 2 is 1.81 bits per heavy atom. The van der Waals surface area contributed by atoms with E-state index in [1.54, 1.807) is 0 Å². The van der Waals surface area contributed by atoms with Gasteiger partial charge < -0.3 is 30.6 Å². The molecule has 1 rings (SSSR count). The van der Waals surface area contributed by atoms with E-state index in [9.17, 15) is 24.9 Å². The Bertz CT molecular complexity index is 580. The van der Waals surface area contributed by atoms with Gasteiger partial charge in [-0.2, -0.15) is 0 Å². The first-order chi connectivity index (χ1) is 9.68. The Labute approximate surface area is 118 Å². The number of phenols is 2. The van der Waals surface area contributed by atoms with Gasteiger partial charge in [-0.25, -0.2) is 9.59 Å². The molecule has 0 spiro atoms. The van der Waals surface area contributed by atoms with Gasteiger partial charge in [-0.3, -0.25) is 0 Å². The monoisotopic (exact) mass is 298 g/mol. The van der Waals surface area contributed by atoms with Gasteiger partial charge in [-0.05, 0) is 17.7 Å². The molecule has 8 nitrogen and oxygen atoms in total. The lowest BCUT2D eigenvalue weighted by Gasteiger charge is -2.24. The highest BCUT2D eigenvalue weighted by Crippen LogP contribution is 2.26. The first kappa shape index (κ1) is 16.5. The van der Waals surface area contributed by atoms with Gasteiger partial charge in [0.05, 0.1) is 0 Å². The summed E-state index contributed by atoms with van der Waals surface area (Å²) in [7, 11) is 0. The highest BCUT2D eigenvalue weighted by molar-refractivity contribution is 5.87. The molecule has 0 bridgehead atoms. The van der Waals surface area contributed by atoms with Crippen LogP contribution in [0.4, 0.5) is 0 Å². The fraction of sp³-hybridized carbons (Fsp3) is 0.231. The third-order valence-electron chi connectivity index (χ3n) is 2.80. The second-order valence-electron chi connectivity index (χ2n) is 4.32. The molecule has 2 unspecified atom stereocenters. The lowest BCUT2D eigenvalue weighted by Crippen LogP contribution is -2.52. The van der Waals surface area contributed by atoms with Crippen LogP contribution in [0.5, 0.6) is 11.5 Å². The zero-order valence-corrected chi connectivity index (χ0v) is 10.7. The van der Waals surface area contributed by atoms with Crippen molar-refractivity contribution in [1.82, 2.24) is 0 Å². The van der Waals surface area contributed by atoms with Crippen LogP contribution in [0.3, 0.4) is 0 Å². The molecule has 0 radical (unpaired) electrons. The molecule has 0 saturated carbocycles. The molecule has 8 heteroatoms. The van der Waals surface area contributed by atoms with Crippen molar-refractivity contribution >= 4 is 18.0 Å². The van der Waals surface area contributed by atoms with Gasteiger partial charge in [0.1, 0.15) is 0 Å². The van der Waals surface area contributed by atoms with Crippen LogP contribution in [-0.4, -0.2) is 54.3 Å². The van der Waals surface area contributed by atoms with Crippen molar-refractivity contribution in [1.29, 1.82) is 0 Å². The Kier molecular flexibility index (Phi) is 4.90. The average Bonchev–Trinajstić information content (AvgIpc) is 2.41. The van der Waals surface area contributed by atoms with Crippen molar-refractivity contribution in [3.8, 4) is 11.5 Å². The average molecular weight is 298 g/mol. The van der Waals surface area contributed by atoms with Crippen LogP contribution in [-0.2, 0) is 9.59 Å². The minimum atomic E-state index is -2.87. The van der Waals surface area contributed by atoms with Crippen LogP contribution < -0.4 is 0 Å². The zero-order chi connectivity index (χ0) is 16.2. The number of carbonyl (C=O) groups is 2. The summed E-state index contributed by atoms with van der Waals surface area (Å²) in [5.41, 5.74) is -2.50. The van der Waals surface area contributed by atoms with E-state index in [4.69, 9.17) is 15.3 Å². The summed E-state index contributed by atoms with van der Waals surface area (Å²) in [4.78, 5) is 21.5. The fourth-order valence-corrected chi connectivity index (χ4v) is 1.54. The molecule has 1 aromatic rings. The second kappa shape index (κ2) is 6.25. The Morgan fingerprint density at radius 3 is 2.29 bits per heavy atom. The van der Waals surface area contributed by atoms with Gasteiger partial charge in [0, 0.05) is 6.42 Å². The molecule has 0 aliphatic carbocycles. The number of aliphatic hydroxyl groups excluding tert-OH is 1. The van der Waals surface area contributed by atoms with Crippen LogP contribution in [0.25, 0.3) is 6.08 Å². The summed E-state index contributed by atoms with van der Waals surface area (Å²) in [5.74, 6) is -4.47. The molecule has 0 amide bonds. The summed E-state index contributed by atoms with van der Waals surface area (Å²) in [5, 5.41) is 54.8. The highest BCUT2D eigenvalue weighted by atomic mass is 16.4. The first-order valence-corrected chi connectivity index (χ1v) is 5.73. The highest BCUT2D eigenvalue weighted by Gasteiger charge is 2.46. The minimum absolute atomic E-state index is 0.338. The second-order valence-corrected chi connectivity index (χ2v) is 4.32. The van der Waals surface area contributed by atoms with Crippen molar-refractivity contribution < 1.29 is 40.2 Å². The quantitative estimate of drug-likeness (QED) is 0.393. The SMILES string of the molecule is O=C(O)C(O)C(O)(C/C=C/c1ccc(O)c(O)c1)C(=O)O. The van der Waals surface area contributed by atoms with E-state index in [-0.39, 0.29) is 5.75 Å². The molecule has 0 saturated heterocycles. The Morgan fingerprint density at radius 1 is 1.19 bits per heavy atom. The molecule has 0 aliphatic rings. The Balaban J connectivity index is 2.91. The van der Waals surface area contributed by atoms with Gasteiger partial charge in [-0.15, -0.1) is 0 Å². The minimum Gasteiger partial charge on any atom is -0.504 e. The first-order valence-electron chi connectivity index (χ1n) is 5.73. The van der Waals surface area contributed by atoms with E-state index in [0.29, 0.717) is 5.56 Å². The van der Waals surface area contributed by atoms with Gasteiger partial charge in [-0.1, -0.05) is 18.2 Å². The molecule has 1 aromatic carbocycles. The molecule has 6 N–H and O–H groups in total. The Hall–Kier alpha value is -2.58. The van der Waals surface area contributed by atoms with Crippen molar-refractivity contribution in [3.05, 3.63) is 29.8 Å².